The maximum absolute atomic E-state index is 12.9. The van der Waals surface area contributed by atoms with Gasteiger partial charge in [0.1, 0.15) is 12.2 Å². The van der Waals surface area contributed by atoms with Crippen molar-refractivity contribution in [3.63, 3.8) is 0 Å². The lowest BCUT2D eigenvalue weighted by Gasteiger charge is -2.22. The Hall–Kier alpha value is -5.18. The Morgan fingerprint density at radius 2 is 1.81 bits per heavy atom. The summed E-state index contributed by atoms with van der Waals surface area (Å²) in [6.07, 6.45) is 3.69. The molecular formula is C34H41N11O7S. The minimum absolute atomic E-state index is 0.127. The van der Waals surface area contributed by atoms with Crippen molar-refractivity contribution in [2.24, 2.45) is 5.14 Å². The van der Waals surface area contributed by atoms with Gasteiger partial charge in [-0.1, -0.05) is 36.4 Å². The van der Waals surface area contributed by atoms with Crippen LogP contribution in [0.25, 0.3) is 11.2 Å². The van der Waals surface area contributed by atoms with E-state index in [2.05, 4.69) is 26.0 Å². The molecule has 2 fully saturated rings. The molecule has 1 aliphatic carbocycles. The number of aromatic nitrogens is 6. The van der Waals surface area contributed by atoms with Crippen LogP contribution in [-0.4, -0.2) is 108 Å². The molecule has 0 spiro atoms. The lowest BCUT2D eigenvalue weighted by atomic mass is 10.1. The third kappa shape index (κ3) is 7.80. The number of carbonyl (C=O) groups excluding carboxylic acids is 1. The van der Waals surface area contributed by atoms with E-state index in [4.69, 9.17) is 15.1 Å². The minimum Gasteiger partial charge on any atom is -0.394 e. The average molecular weight is 748 g/mol. The van der Waals surface area contributed by atoms with Gasteiger partial charge in [-0.2, -0.15) is 15.1 Å². The van der Waals surface area contributed by atoms with Gasteiger partial charge in [0.25, 0.3) is 0 Å². The number of aliphatic hydroxyl groups is 4. The predicted octanol–water partition coefficient (Wildman–Crippen LogP) is 0.486. The number of urea groups is 1. The van der Waals surface area contributed by atoms with E-state index >= 15 is 0 Å². The number of anilines is 3. The Morgan fingerprint density at radius 1 is 1.02 bits per heavy atom. The average Bonchev–Trinajstić information content (AvgIpc) is 3.95. The van der Waals surface area contributed by atoms with E-state index in [-0.39, 0.29) is 29.8 Å². The minimum atomic E-state index is -3.95. The van der Waals surface area contributed by atoms with Crippen molar-refractivity contribution in [3.05, 3.63) is 84.4 Å². The molecule has 1 saturated heterocycles. The van der Waals surface area contributed by atoms with Crippen molar-refractivity contribution in [2.45, 2.75) is 67.1 Å². The Kier molecular flexibility index (Phi) is 10.3. The van der Waals surface area contributed by atoms with Crippen LogP contribution in [0.4, 0.5) is 22.2 Å². The van der Waals surface area contributed by atoms with Crippen LogP contribution in [0.15, 0.2) is 78.2 Å². The molecule has 280 valence electrons. The van der Waals surface area contributed by atoms with E-state index in [1.807, 2.05) is 35.2 Å². The number of carbonyl (C=O) groups is 1. The van der Waals surface area contributed by atoms with Crippen LogP contribution in [-0.2, 0) is 23.1 Å². The summed E-state index contributed by atoms with van der Waals surface area (Å²) in [7, 11) is -3.95. The third-order valence-electron chi connectivity index (χ3n) is 9.68. The zero-order valence-corrected chi connectivity index (χ0v) is 29.3. The molecule has 0 unspecified atom stereocenters. The first-order chi connectivity index (χ1) is 25.5. The summed E-state index contributed by atoms with van der Waals surface area (Å²) in [5, 5.41) is 60.7. The second-order valence-electron chi connectivity index (χ2n) is 13.4. The number of nitrogens with two attached hydrogens (primary N) is 1. The van der Waals surface area contributed by atoms with E-state index in [0.717, 1.165) is 5.56 Å². The van der Waals surface area contributed by atoms with E-state index in [1.165, 1.54) is 24.4 Å². The molecule has 53 heavy (non-hydrogen) atoms. The first-order valence-corrected chi connectivity index (χ1v) is 18.7. The SMILES string of the molecule is NS(=O)(=O)c1cccc(NC(=O)N[C@@H]2CCN(c3nc(N[C@H](CO)Cc4ccccc4)c4ncn([C@@H]5C[C@H](n6cc(CO)cn6)[C@@H](O)[C@H]5O)c4n3)C2)c1. The van der Waals surface area contributed by atoms with Crippen molar-refractivity contribution in [2.75, 3.05) is 35.2 Å². The predicted molar refractivity (Wildman–Crippen MR) is 193 cm³/mol. The summed E-state index contributed by atoms with van der Waals surface area (Å²) in [6, 6.07) is 12.9. The zero-order valence-electron chi connectivity index (χ0n) is 28.5. The Morgan fingerprint density at radius 3 is 2.55 bits per heavy atom. The molecule has 2 aliphatic rings. The smallest absolute Gasteiger partial charge is 0.319 e. The van der Waals surface area contributed by atoms with Crippen LogP contribution in [0.1, 0.15) is 36.1 Å². The molecule has 7 rings (SSSR count). The Labute approximate surface area is 304 Å². The number of amides is 2. The number of imidazole rings is 1. The molecule has 2 aromatic carbocycles. The lowest BCUT2D eigenvalue weighted by Crippen LogP contribution is -2.40. The maximum Gasteiger partial charge on any atom is 0.319 e. The van der Waals surface area contributed by atoms with Gasteiger partial charge in [0.15, 0.2) is 17.0 Å². The van der Waals surface area contributed by atoms with Crippen LogP contribution < -0.4 is 26.0 Å². The van der Waals surface area contributed by atoms with E-state index in [9.17, 15) is 33.6 Å². The van der Waals surface area contributed by atoms with Crippen molar-refractivity contribution in [1.82, 2.24) is 34.6 Å². The quantitative estimate of drug-likeness (QED) is 0.0866. The highest BCUT2D eigenvalue weighted by Gasteiger charge is 2.44. The molecule has 6 atom stereocenters. The van der Waals surface area contributed by atoms with Crippen LogP contribution in [0, 0.1) is 0 Å². The normalized spacial score (nSPS) is 22.3. The highest BCUT2D eigenvalue weighted by molar-refractivity contribution is 7.89. The summed E-state index contributed by atoms with van der Waals surface area (Å²) < 4.78 is 26.8. The van der Waals surface area contributed by atoms with Gasteiger partial charge in [0.05, 0.1) is 48.8 Å². The highest BCUT2D eigenvalue weighted by Crippen LogP contribution is 2.40. The monoisotopic (exact) mass is 747 g/mol. The summed E-state index contributed by atoms with van der Waals surface area (Å²) >= 11 is 0. The zero-order chi connectivity index (χ0) is 37.3. The van der Waals surface area contributed by atoms with E-state index < -0.39 is 46.4 Å². The van der Waals surface area contributed by atoms with Gasteiger partial charge in [-0.25, -0.2) is 23.3 Å². The first kappa shape index (κ1) is 36.2. The van der Waals surface area contributed by atoms with Crippen LogP contribution in [0.2, 0.25) is 0 Å². The van der Waals surface area contributed by atoms with Crippen molar-refractivity contribution < 1.29 is 33.6 Å². The van der Waals surface area contributed by atoms with Crippen LogP contribution >= 0.6 is 0 Å². The number of aliphatic hydroxyl groups excluding tert-OH is 4. The number of nitrogens with zero attached hydrogens (tertiary/aromatic N) is 7. The molecular weight excluding hydrogens is 707 g/mol. The molecule has 19 heteroatoms. The fourth-order valence-corrected chi connectivity index (χ4v) is 7.53. The molecule has 9 N–H and O–H groups in total. The number of fused-ring (bicyclic) bond motifs is 1. The van der Waals surface area contributed by atoms with Crippen molar-refractivity contribution in [1.29, 1.82) is 0 Å². The number of hydrogen-bond donors (Lipinski definition) is 8. The highest BCUT2D eigenvalue weighted by atomic mass is 32.2. The molecule has 1 aliphatic heterocycles. The fraction of sp³-hybridized carbons (Fsp3) is 0.382. The summed E-state index contributed by atoms with van der Waals surface area (Å²) in [5.74, 6) is 0.694. The summed E-state index contributed by atoms with van der Waals surface area (Å²) in [5.41, 5.74) is 2.65. The molecule has 4 heterocycles. The Balaban J connectivity index is 1.15. The number of benzene rings is 2. The standard InChI is InChI=1S/C34H41N11O7S/c35-53(51,52)25-8-4-7-22(12-25)39-34(50)40-23-9-10-43(16-23)33-41-31(38-24(18-47)11-20-5-2-1-3-6-20)28-32(42-33)44(19-36-28)26-13-27(30(49)29(26)48)45-15-21(17-46)14-37-45/h1-8,12,14-15,19,23-24,26-27,29-30,46-49H,9-11,13,16-18H2,(H2,35,51,52)(H,38,41,42)(H2,39,40,50)/t23-,24+,26-,27+,29+,30-/m1/s1. The second-order valence-corrected chi connectivity index (χ2v) is 14.9. The van der Waals surface area contributed by atoms with Gasteiger partial charge in [0, 0.05) is 36.6 Å². The third-order valence-corrected chi connectivity index (χ3v) is 10.6. The largest absolute Gasteiger partial charge is 0.394 e. The Bertz CT molecular complexity index is 2180. The van der Waals surface area contributed by atoms with Gasteiger partial charge < -0.3 is 45.8 Å². The van der Waals surface area contributed by atoms with Crippen LogP contribution in [0.3, 0.4) is 0 Å². The summed E-state index contributed by atoms with van der Waals surface area (Å²) in [4.78, 5) is 29.1. The topological polar surface area (TPSA) is 259 Å². The number of primary sulfonamides is 1. The van der Waals surface area contributed by atoms with E-state index in [1.54, 1.807) is 27.8 Å². The molecule has 0 radical (unpaired) electrons. The number of sulfonamides is 1. The molecule has 18 nitrogen and oxygen atoms in total. The lowest BCUT2D eigenvalue weighted by molar-refractivity contribution is 0.00720. The maximum atomic E-state index is 12.9. The van der Waals surface area contributed by atoms with Gasteiger partial charge in [-0.3, -0.25) is 4.68 Å². The van der Waals surface area contributed by atoms with Gasteiger partial charge in [0.2, 0.25) is 16.0 Å². The van der Waals surface area contributed by atoms with Crippen molar-refractivity contribution >= 4 is 44.7 Å². The van der Waals surface area contributed by atoms with Gasteiger partial charge in [-0.15, -0.1) is 0 Å². The van der Waals surface area contributed by atoms with E-state index in [0.29, 0.717) is 60.8 Å². The molecule has 1 saturated carbocycles. The van der Waals surface area contributed by atoms with Crippen molar-refractivity contribution in [3.8, 4) is 0 Å². The molecule has 0 bridgehead atoms. The molecule has 2 amide bonds. The number of hydrogen-bond acceptors (Lipinski definition) is 13. The second kappa shape index (κ2) is 15.0. The van der Waals surface area contributed by atoms with Gasteiger partial charge >= 0.3 is 6.03 Å². The van der Waals surface area contributed by atoms with Crippen LogP contribution in [0.5, 0.6) is 0 Å². The van der Waals surface area contributed by atoms with Gasteiger partial charge in [-0.05, 0) is 43.0 Å². The number of rotatable bonds is 12. The summed E-state index contributed by atoms with van der Waals surface area (Å²) in [6.45, 7) is 0.423. The molecule has 3 aromatic heterocycles. The molecule has 5 aromatic rings. The fourth-order valence-electron chi connectivity index (χ4n) is 6.97. The number of nitrogens with one attached hydrogen (secondary N) is 3. The first-order valence-electron chi connectivity index (χ1n) is 17.1.